The number of thioether (sulfide) groups is 1. The standard InChI is InChI=1S/C58H71ClFN6O9PS3/c1-40(2)66-42(4)57(78(5,71)72)55(56(66)43-13-15-46(59)16-14-43)45-36-47(60)38-51(37-45)65-31-29-64(30-32-65)50-19-17-48(18-20-50)62-79(73,74)53-21-22-54(41(3)35-53)61-49(39-77-52-11-7-6-8-12-52)25-28-63-26-23-44(24-27-63)58(67)75-33-9-10-34-76(68,69)70/h6-8,11-22,35-38,40,44,49,61-62H,9-10,23-34,39H2,1-5H3,(H2,68,69,70)/t49-/m1/s1. The Kier molecular flexibility index (Phi) is 19.7. The molecule has 2 aliphatic heterocycles. The smallest absolute Gasteiger partial charge is 0.325 e. The second kappa shape index (κ2) is 26.0. The summed E-state index contributed by atoms with van der Waals surface area (Å²) in [7, 11) is -11.8. The van der Waals surface area contributed by atoms with E-state index >= 15 is 4.39 Å². The van der Waals surface area contributed by atoms with Crippen LogP contribution in [0.4, 0.5) is 27.1 Å². The van der Waals surface area contributed by atoms with Gasteiger partial charge in [-0.1, -0.05) is 41.9 Å². The maximum atomic E-state index is 15.8. The van der Waals surface area contributed by atoms with E-state index in [-0.39, 0.29) is 46.5 Å². The first-order valence-electron chi connectivity index (χ1n) is 26.7. The van der Waals surface area contributed by atoms with Crippen molar-refractivity contribution in [2.75, 3.05) is 90.4 Å². The molecule has 0 spiro atoms. The van der Waals surface area contributed by atoms with E-state index in [9.17, 15) is 26.2 Å². The highest BCUT2D eigenvalue weighted by molar-refractivity contribution is 7.99. The number of esters is 1. The van der Waals surface area contributed by atoms with Crippen molar-refractivity contribution in [3.05, 3.63) is 137 Å². The zero-order valence-electron chi connectivity index (χ0n) is 45.3. The minimum atomic E-state index is -4.06. The van der Waals surface area contributed by atoms with E-state index in [1.165, 1.54) is 18.4 Å². The molecule has 1 aromatic heterocycles. The number of benzene rings is 5. The third kappa shape index (κ3) is 15.8. The molecule has 0 unspecified atom stereocenters. The average Bonchev–Trinajstić information content (AvgIpc) is 3.99. The van der Waals surface area contributed by atoms with Crippen LogP contribution in [0, 0.1) is 25.6 Å². The van der Waals surface area contributed by atoms with Crippen molar-refractivity contribution >= 4 is 79.5 Å². The third-order valence-electron chi connectivity index (χ3n) is 14.6. The van der Waals surface area contributed by atoms with Gasteiger partial charge >= 0.3 is 13.6 Å². The summed E-state index contributed by atoms with van der Waals surface area (Å²) < 4.78 is 91.8. The fraction of sp³-hybridized carbons (Fsp3) is 0.397. The second-order valence-corrected chi connectivity index (χ2v) is 27.8. The van der Waals surface area contributed by atoms with E-state index in [0.29, 0.717) is 90.8 Å². The summed E-state index contributed by atoms with van der Waals surface area (Å²) >= 11 is 8.02. The lowest BCUT2D eigenvalue weighted by Crippen LogP contribution is -2.46. The highest BCUT2D eigenvalue weighted by atomic mass is 35.5. The summed E-state index contributed by atoms with van der Waals surface area (Å²) in [6.45, 7) is 12.4. The molecule has 8 rings (SSSR count). The van der Waals surface area contributed by atoms with Gasteiger partial charge in [-0.05, 0) is 175 Å². The number of carbonyl (C=O) groups excluding carboxylic acids is 1. The summed E-state index contributed by atoms with van der Waals surface area (Å²) in [6, 6.07) is 34.4. The molecule has 424 valence electrons. The number of hydrogen-bond donors (Lipinski definition) is 4. The summed E-state index contributed by atoms with van der Waals surface area (Å²) in [4.78, 5) is 38.9. The van der Waals surface area contributed by atoms with Crippen molar-refractivity contribution in [3.8, 4) is 22.4 Å². The number of rotatable bonds is 23. The van der Waals surface area contributed by atoms with E-state index in [0.717, 1.165) is 59.2 Å². The lowest BCUT2D eigenvalue weighted by molar-refractivity contribution is -0.150. The van der Waals surface area contributed by atoms with Crippen molar-refractivity contribution < 1.29 is 45.1 Å². The number of halogens is 2. The lowest BCUT2D eigenvalue weighted by atomic mass is 9.96. The van der Waals surface area contributed by atoms with Crippen LogP contribution in [0.5, 0.6) is 0 Å². The Balaban J connectivity index is 0.876. The molecule has 0 aliphatic carbocycles. The van der Waals surface area contributed by atoms with E-state index in [4.69, 9.17) is 26.1 Å². The zero-order valence-corrected chi connectivity index (χ0v) is 49.4. The van der Waals surface area contributed by atoms with E-state index < -0.39 is 33.3 Å². The van der Waals surface area contributed by atoms with Crippen LogP contribution in [0.25, 0.3) is 22.4 Å². The summed E-state index contributed by atoms with van der Waals surface area (Å²) in [5.74, 6) is -0.165. The van der Waals surface area contributed by atoms with Crippen LogP contribution in [-0.4, -0.2) is 119 Å². The number of ether oxygens (including phenoxy) is 1. The number of sulfone groups is 1. The van der Waals surface area contributed by atoms with Gasteiger partial charge in [0.05, 0.1) is 28.0 Å². The number of anilines is 4. The van der Waals surface area contributed by atoms with E-state index in [1.807, 2.05) is 79.9 Å². The fourth-order valence-electron chi connectivity index (χ4n) is 10.6. The molecule has 21 heteroatoms. The minimum Gasteiger partial charge on any atom is -0.465 e. The van der Waals surface area contributed by atoms with Crippen LogP contribution in [-0.2, 0) is 34.0 Å². The normalized spacial score (nSPS) is 15.4. The van der Waals surface area contributed by atoms with Gasteiger partial charge in [-0.3, -0.25) is 14.1 Å². The van der Waals surface area contributed by atoms with Crippen LogP contribution >= 0.6 is 31.0 Å². The zero-order chi connectivity index (χ0) is 56.6. The Bertz CT molecular complexity index is 3350. The van der Waals surface area contributed by atoms with Gasteiger partial charge in [0.25, 0.3) is 10.0 Å². The Morgan fingerprint density at radius 2 is 1.48 bits per heavy atom. The third-order valence-corrected chi connectivity index (χ3v) is 19.5. The van der Waals surface area contributed by atoms with Gasteiger partial charge in [0.1, 0.15) is 5.82 Å². The first-order chi connectivity index (χ1) is 37.5. The maximum Gasteiger partial charge on any atom is 0.325 e. The molecular weight excluding hydrogens is 1110 g/mol. The van der Waals surface area contributed by atoms with Crippen molar-refractivity contribution in [1.82, 2.24) is 9.47 Å². The van der Waals surface area contributed by atoms with Gasteiger partial charge in [0.15, 0.2) is 9.84 Å². The molecular formula is C58H71ClFN6O9PS3. The quantitative estimate of drug-likeness (QED) is 0.0205. The van der Waals surface area contributed by atoms with Crippen LogP contribution in [0.1, 0.15) is 63.3 Å². The number of unbranched alkanes of at least 4 members (excludes halogenated alkanes) is 1. The summed E-state index contributed by atoms with van der Waals surface area (Å²) in [6.07, 6.45) is 3.84. The predicted octanol–water partition coefficient (Wildman–Crippen LogP) is 11.5. The molecule has 2 saturated heterocycles. The number of likely N-dealkylation sites (tertiary alicyclic amines) is 1. The topological polar surface area (TPSA) is 191 Å². The number of piperidine rings is 1. The number of aromatic nitrogens is 1. The molecule has 1 atom stereocenters. The Labute approximate surface area is 474 Å². The number of nitrogens with one attached hydrogen (secondary N) is 2. The molecule has 79 heavy (non-hydrogen) atoms. The molecule has 5 aromatic carbocycles. The number of piperazine rings is 1. The highest BCUT2D eigenvalue weighted by Gasteiger charge is 2.32. The van der Waals surface area contributed by atoms with E-state index in [2.05, 4.69) is 36.9 Å². The van der Waals surface area contributed by atoms with Crippen LogP contribution < -0.4 is 19.8 Å². The number of sulfonamides is 1. The molecule has 0 amide bonds. The van der Waals surface area contributed by atoms with Crippen LogP contribution in [0.15, 0.2) is 130 Å². The Hall–Kier alpha value is -5.37. The maximum absolute atomic E-state index is 15.8. The Morgan fingerprint density at radius 1 is 0.823 bits per heavy atom. The molecule has 2 fully saturated rings. The minimum absolute atomic E-state index is 0.0426. The number of hydrogen-bond acceptors (Lipinski definition) is 12. The summed E-state index contributed by atoms with van der Waals surface area (Å²) in [5, 5.41) is 4.25. The predicted molar refractivity (Wildman–Crippen MR) is 317 cm³/mol. The van der Waals surface area contributed by atoms with Crippen molar-refractivity contribution in [2.45, 2.75) is 86.6 Å². The SMILES string of the molecule is Cc1cc(S(=O)(=O)Nc2ccc(N3CCN(c4cc(F)cc(-c5c(S(C)(=O)=O)c(C)n(C(C)C)c5-c5ccc(Cl)cc5)c4)CC3)cc2)ccc1N[C@H](CCN1CCC(C(=O)OCCCCP(=O)(O)O)CC1)CSc1ccccc1. The van der Waals surface area contributed by atoms with Gasteiger partial charge in [0.2, 0.25) is 0 Å². The molecule has 2 aliphatic rings. The van der Waals surface area contributed by atoms with E-state index in [1.54, 1.807) is 55.1 Å². The molecule has 0 bridgehead atoms. The van der Waals surface area contributed by atoms with Crippen LogP contribution in [0.2, 0.25) is 5.02 Å². The molecule has 4 N–H and O–H groups in total. The fourth-order valence-corrected chi connectivity index (χ4v) is 14.7. The average molecular weight is 1180 g/mol. The van der Waals surface area contributed by atoms with Crippen molar-refractivity contribution in [2.24, 2.45) is 5.92 Å². The number of carbonyl (C=O) groups is 1. The second-order valence-electron chi connectivity index (χ2n) is 20.8. The molecule has 15 nitrogen and oxygen atoms in total. The first-order valence-corrected chi connectivity index (χ1v) is 33.2. The molecule has 6 aromatic rings. The monoisotopic (exact) mass is 1180 g/mol. The molecule has 0 radical (unpaired) electrons. The number of aryl methyl sites for hydroxylation is 1. The highest BCUT2D eigenvalue weighted by Crippen LogP contribution is 2.45. The number of nitrogens with zero attached hydrogens (tertiary/aromatic N) is 4. The first kappa shape index (κ1) is 59.7. The molecule has 0 saturated carbocycles. The van der Waals surface area contributed by atoms with Gasteiger partial charge in [-0.15, -0.1) is 11.8 Å². The summed E-state index contributed by atoms with van der Waals surface area (Å²) in [5.41, 5.74) is 6.50. The lowest BCUT2D eigenvalue weighted by Gasteiger charge is -2.37. The van der Waals surface area contributed by atoms with Gasteiger partial charge in [-0.25, -0.2) is 21.2 Å². The van der Waals surface area contributed by atoms with Gasteiger partial charge in [-0.2, -0.15) is 0 Å². The van der Waals surface area contributed by atoms with Crippen molar-refractivity contribution in [1.29, 1.82) is 0 Å². The van der Waals surface area contributed by atoms with Gasteiger partial charge in [0, 0.05) is 107 Å². The largest absolute Gasteiger partial charge is 0.465 e. The van der Waals surface area contributed by atoms with Crippen LogP contribution in [0.3, 0.4) is 0 Å². The van der Waals surface area contributed by atoms with Gasteiger partial charge < -0.3 is 39.1 Å². The molecule has 3 heterocycles. The van der Waals surface area contributed by atoms with Crippen molar-refractivity contribution in [3.63, 3.8) is 0 Å². The Morgan fingerprint density at radius 3 is 2.10 bits per heavy atom.